The Balaban J connectivity index is 0.000000559. The first-order chi connectivity index (χ1) is 21.4. The zero-order valence-electron chi connectivity index (χ0n) is 27.3. The fraction of sp³-hybridized carbons (Fsp3) is 0.455. The van der Waals surface area contributed by atoms with Crippen LogP contribution < -0.4 is 16.0 Å². The van der Waals surface area contributed by atoms with E-state index in [2.05, 4.69) is 68.9 Å². The molecule has 1 fully saturated rings. The number of pyridine rings is 1. The molecule has 248 valence electrons. The second-order valence-electron chi connectivity index (χ2n) is 12.1. The number of carbonyl (C=O) groups is 4. The maximum Gasteiger partial charge on any atom is 0.314 e. The van der Waals surface area contributed by atoms with Gasteiger partial charge in [0.25, 0.3) is 5.91 Å². The summed E-state index contributed by atoms with van der Waals surface area (Å²) in [5, 5.41) is 8.61. The van der Waals surface area contributed by atoms with E-state index in [0.717, 1.165) is 35.6 Å². The summed E-state index contributed by atoms with van der Waals surface area (Å²) >= 11 is 1.37. The van der Waals surface area contributed by atoms with Crippen LogP contribution in [0.3, 0.4) is 0 Å². The quantitative estimate of drug-likeness (QED) is 0.356. The highest BCUT2D eigenvalue weighted by atomic mass is 32.1. The number of fused-ring (bicyclic) bond motifs is 1. The van der Waals surface area contributed by atoms with Crippen LogP contribution >= 0.6 is 11.3 Å². The molecule has 3 unspecified atom stereocenters. The summed E-state index contributed by atoms with van der Waals surface area (Å²) in [6, 6.07) is 10.8. The van der Waals surface area contributed by atoms with E-state index >= 15 is 0 Å². The minimum absolute atomic E-state index is 0. The fourth-order valence-electron chi connectivity index (χ4n) is 5.33. The lowest BCUT2D eigenvalue weighted by Gasteiger charge is -2.37. The third kappa shape index (κ3) is 9.90. The maximum absolute atomic E-state index is 13.2. The molecule has 1 aliphatic carbocycles. The average molecular weight is 652 g/mol. The van der Waals surface area contributed by atoms with Crippen LogP contribution in [0.1, 0.15) is 56.3 Å². The number of rotatable bonds is 5. The number of nitrogens with one attached hydrogen (secondary N) is 3. The van der Waals surface area contributed by atoms with Crippen molar-refractivity contribution in [3.63, 3.8) is 0 Å². The van der Waals surface area contributed by atoms with Crippen LogP contribution in [0.4, 0.5) is 5.82 Å². The molecule has 3 atom stereocenters. The van der Waals surface area contributed by atoms with Gasteiger partial charge in [-0.2, -0.15) is 0 Å². The number of hydrogen-bond donors (Lipinski definition) is 3. The molecule has 1 aromatic carbocycles. The fourth-order valence-corrected chi connectivity index (χ4v) is 6.42. The maximum atomic E-state index is 13.2. The number of benzene rings is 1. The number of hydrogen-bond acceptors (Lipinski definition) is 8. The Morgan fingerprint density at radius 1 is 0.891 bits per heavy atom. The van der Waals surface area contributed by atoms with Crippen molar-refractivity contribution in [3.05, 3.63) is 74.9 Å². The molecule has 5 N–H and O–H groups in total. The van der Waals surface area contributed by atoms with E-state index in [4.69, 9.17) is 0 Å². The number of aromatic nitrogens is 2. The molecule has 0 bridgehead atoms. The van der Waals surface area contributed by atoms with Crippen molar-refractivity contribution in [2.24, 2.45) is 5.92 Å². The van der Waals surface area contributed by atoms with Crippen molar-refractivity contribution in [2.45, 2.75) is 65.1 Å². The van der Waals surface area contributed by atoms with E-state index in [1.54, 1.807) is 32.4 Å². The molecule has 2 aliphatic rings. The van der Waals surface area contributed by atoms with Crippen molar-refractivity contribution < 1.29 is 24.7 Å². The predicted octanol–water partition coefficient (Wildman–Crippen LogP) is 2.42. The summed E-state index contributed by atoms with van der Waals surface area (Å²) in [6.45, 7) is 7.71. The Labute approximate surface area is 274 Å². The van der Waals surface area contributed by atoms with Crippen LogP contribution in [-0.2, 0) is 27.3 Å². The van der Waals surface area contributed by atoms with Gasteiger partial charge < -0.3 is 31.2 Å². The molecule has 2 aromatic heterocycles. The van der Waals surface area contributed by atoms with Crippen LogP contribution in [0.15, 0.2) is 42.6 Å². The van der Waals surface area contributed by atoms with Crippen molar-refractivity contribution in [1.82, 2.24) is 30.4 Å². The van der Waals surface area contributed by atoms with Crippen LogP contribution in [0.2, 0.25) is 0 Å². The number of aryl methyl sites for hydroxylation is 3. The summed E-state index contributed by atoms with van der Waals surface area (Å²) in [7, 11) is 5.43. The largest absolute Gasteiger partial charge is 0.412 e. The van der Waals surface area contributed by atoms with Gasteiger partial charge in [0.15, 0.2) is 5.01 Å². The zero-order valence-corrected chi connectivity index (χ0v) is 28.2. The molecular weight excluding hydrogens is 606 g/mol. The number of nitrogens with zero attached hydrogens (tertiary/aromatic N) is 4. The smallest absolute Gasteiger partial charge is 0.314 e. The van der Waals surface area contributed by atoms with E-state index in [1.165, 1.54) is 27.4 Å². The van der Waals surface area contributed by atoms with Crippen LogP contribution in [0, 0.1) is 26.7 Å². The second kappa shape index (κ2) is 16.4. The summed E-state index contributed by atoms with van der Waals surface area (Å²) in [4.78, 5) is 64.5. The van der Waals surface area contributed by atoms with Crippen molar-refractivity contribution in [2.75, 3.05) is 33.0 Å². The number of carbonyl (C=O) groups excluding carboxylic acids is 4. The van der Waals surface area contributed by atoms with Gasteiger partial charge in [0.1, 0.15) is 5.82 Å². The van der Waals surface area contributed by atoms with Gasteiger partial charge in [0.2, 0.25) is 5.91 Å². The minimum atomic E-state index is -0.843. The predicted molar refractivity (Wildman–Crippen MR) is 179 cm³/mol. The molecule has 0 spiro atoms. The van der Waals surface area contributed by atoms with Crippen molar-refractivity contribution in [3.8, 4) is 0 Å². The topological polar surface area (TPSA) is 168 Å². The highest BCUT2D eigenvalue weighted by Crippen LogP contribution is 2.28. The first-order valence-electron chi connectivity index (χ1n) is 15.2. The molecule has 46 heavy (non-hydrogen) atoms. The third-order valence-corrected chi connectivity index (χ3v) is 9.05. The molecule has 12 nitrogen and oxygen atoms in total. The Kier molecular flexibility index (Phi) is 12.9. The summed E-state index contributed by atoms with van der Waals surface area (Å²) in [6.07, 6.45) is 3.71. The highest BCUT2D eigenvalue weighted by molar-refractivity contribution is 7.13. The molecule has 3 aromatic rings. The molecule has 4 amide bonds. The van der Waals surface area contributed by atoms with Gasteiger partial charge in [-0.15, -0.1) is 11.3 Å². The number of amides is 4. The third-order valence-electron chi connectivity index (χ3n) is 7.97. The summed E-state index contributed by atoms with van der Waals surface area (Å²) < 4.78 is 0. The average Bonchev–Trinajstić information content (AvgIpc) is 3.44. The van der Waals surface area contributed by atoms with Gasteiger partial charge in [-0.1, -0.05) is 41.5 Å². The first-order valence-corrected chi connectivity index (χ1v) is 16.0. The Morgan fingerprint density at radius 3 is 2.15 bits per heavy atom. The number of anilines is 1. The molecule has 13 heteroatoms. The van der Waals surface area contributed by atoms with Crippen LogP contribution in [0.5, 0.6) is 0 Å². The minimum Gasteiger partial charge on any atom is -0.412 e. The van der Waals surface area contributed by atoms with E-state index in [-0.39, 0.29) is 29.0 Å². The lowest BCUT2D eigenvalue weighted by atomic mass is 9.81. The van der Waals surface area contributed by atoms with E-state index in [1.807, 2.05) is 14.0 Å². The van der Waals surface area contributed by atoms with Crippen LogP contribution in [-0.4, -0.2) is 88.6 Å². The van der Waals surface area contributed by atoms with E-state index in [0.29, 0.717) is 24.3 Å². The van der Waals surface area contributed by atoms with Gasteiger partial charge in [-0.3, -0.25) is 19.2 Å². The lowest BCUT2D eigenvalue weighted by Crippen LogP contribution is -2.57. The summed E-state index contributed by atoms with van der Waals surface area (Å²) in [5.41, 5.74) is 4.54. The van der Waals surface area contributed by atoms with Crippen LogP contribution in [0.25, 0.3) is 0 Å². The van der Waals surface area contributed by atoms with Gasteiger partial charge in [-0.05, 0) is 58.7 Å². The molecule has 0 radical (unpaired) electrons. The Morgan fingerprint density at radius 2 is 1.54 bits per heavy atom. The van der Waals surface area contributed by atoms with Gasteiger partial charge in [0, 0.05) is 56.6 Å². The molecule has 5 rings (SSSR count). The van der Waals surface area contributed by atoms with Gasteiger partial charge >= 0.3 is 11.8 Å². The SMILES string of the molecule is Cc1ccc(C)cc1.Cc1ccc(NC(=O)C(=O)NC2CCC(C(=O)N(C)C)CC2NC(=O)c2nc3c(s2)CN(C)CC3)nc1.O. The lowest BCUT2D eigenvalue weighted by molar-refractivity contribution is -0.137. The molecule has 1 aliphatic heterocycles. The van der Waals surface area contributed by atoms with Crippen molar-refractivity contribution in [1.29, 1.82) is 0 Å². The molecule has 1 saturated carbocycles. The summed E-state index contributed by atoms with van der Waals surface area (Å²) in [5.74, 6) is -2.05. The molecule has 0 saturated heterocycles. The Hall–Kier alpha value is -4.20. The number of likely N-dealkylation sites (N-methyl/N-ethyl adjacent to an activating group) is 1. The second-order valence-corrected chi connectivity index (χ2v) is 13.2. The van der Waals surface area contributed by atoms with Crippen molar-refractivity contribution >= 4 is 40.8 Å². The van der Waals surface area contributed by atoms with Gasteiger partial charge in [0.05, 0.1) is 11.7 Å². The molecule has 3 heterocycles. The van der Waals surface area contributed by atoms with E-state index in [9.17, 15) is 19.2 Å². The van der Waals surface area contributed by atoms with Gasteiger partial charge in [-0.25, -0.2) is 9.97 Å². The molecular formula is C33H45N7O5S. The normalized spacial score (nSPS) is 18.9. The Bertz CT molecular complexity index is 1490. The monoisotopic (exact) mass is 651 g/mol. The zero-order chi connectivity index (χ0) is 32.7. The standard InChI is InChI=1S/C25H33N7O4S.C8H10.H2O/c1-14-5-8-20(26-12-14)30-22(34)21(33)27-16-7-6-15(25(36)31(2)3)11-18(16)28-23(35)24-29-17-9-10-32(4)13-19(17)37-24;1-7-3-5-8(2)6-4-7;/h5,8,12,15-16,18H,6-7,9-11,13H2,1-4H3,(H,27,33)(H,28,35)(H,26,30,34);3-6H,1-2H3;1H2. The highest BCUT2D eigenvalue weighted by Gasteiger charge is 2.37. The first kappa shape index (κ1) is 36.3. The number of thiazole rings is 1. The van der Waals surface area contributed by atoms with E-state index < -0.39 is 23.9 Å².